The summed E-state index contributed by atoms with van der Waals surface area (Å²) in [5, 5.41) is 12.4. The molecule has 0 aromatic heterocycles. The minimum absolute atomic E-state index is 0.184. The van der Waals surface area contributed by atoms with Gasteiger partial charge in [-0.1, -0.05) is 18.6 Å². The number of rotatable bonds is 2. The molecule has 2 aliphatic heterocycles. The standard InChI is InChI=1S/C18H26O2S/c1-17(2,3)20-14-9-7-13(8-10-14)18(19)11-15-5-4-6-16(12-18)21-15/h7-10,15-16,19H,4-6,11-12H2,1-3H3. The maximum Gasteiger partial charge on any atom is 0.120 e. The molecule has 0 aliphatic carbocycles. The molecule has 2 aliphatic rings. The van der Waals surface area contributed by atoms with Crippen LogP contribution in [0.1, 0.15) is 58.4 Å². The Hall–Kier alpha value is -0.670. The molecule has 1 aromatic rings. The number of hydrogen-bond acceptors (Lipinski definition) is 3. The smallest absolute Gasteiger partial charge is 0.120 e. The Bertz CT molecular complexity index is 477. The summed E-state index contributed by atoms with van der Waals surface area (Å²) >= 11 is 2.10. The van der Waals surface area contributed by atoms with Crippen LogP contribution in [0.25, 0.3) is 0 Å². The molecule has 2 bridgehead atoms. The second kappa shape index (κ2) is 5.51. The number of benzene rings is 1. The first-order valence-corrected chi connectivity index (χ1v) is 8.96. The summed E-state index contributed by atoms with van der Waals surface area (Å²) in [7, 11) is 0. The zero-order chi connectivity index (χ0) is 15.1. The number of hydrogen-bond donors (Lipinski definition) is 1. The Morgan fingerprint density at radius 2 is 1.67 bits per heavy atom. The Kier molecular flexibility index (Phi) is 4.00. The summed E-state index contributed by atoms with van der Waals surface area (Å²) in [6.07, 6.45) is 5.64. The predicted octanol–water partition coefficient (Wildman–Crippen LogP) is 4.50. The van der Waals surface area contributed by atoms with Crippen molar-refractivity contribution in [3.8, 4) is 5.75 Å². The Morgan fingerprint density at radius 3 is 2.19 bits per heavy atom. The maximum absolute atomic E-state index is 11.1. The maximum atomic E-state index is 11.1. The van der Waals surface area contributed by atoms with E-state index < -0.39 is 5.60 Å². The van der Waals surface area contributed by atoms with Crippen molar-refractivity contribution in [2.45, 2.75) is 74.6 Å². The van der Waals surface area contributed by atoms with Gasteiger partial charge >= 0.3 is 0 Å². The Balaban J connectivity index is 1.77. The molecule has 21 heavy (non-hydrogen) atoms. The molecule has 2 atom stereocenters. The van der Waals surface area contributed by atoms with Gasteiger partial charge in [0.1, 0.15) is 11.4 Å². The third-order valence-electron chi connectivity index (χ3n) is 4.38. The minimum Gasteiger partial charge on any atom is -0.488 e. The number of aliphatic hydroxyl groups is 1. The van der Waals surface area contributed by atoms with E-state index in [1.54, 1.807) is 0 Å². The van der Waals surface area contributed by atoms with E-state index in [1.807, 2.05) is 45.0 Å². The van der Waals surface area contributed by atoms with Gasteiger partial charge in [-0.25, -0.2) is 0 Å². The minimum atomic E-state index is -0.638. The van der Waals surface area contributed by atoms with E-state index in [0.717, 1.165) is 24.2 Å². The van der Waals surface area contributed by atoms with Crippen molar-refractivity contribution in [1.82, 2.24) is 0 Å². The van der Waals surface area contributed by atoms with E-state index in [2.05, 4.69) is 11.8 Å². The molecule has 0 saturated carbocycles. The molecular weight excluding hydrogens is 280 g/mol. The lowest BCUT2D eigenvalue weighted by Crippen LogP contribution is -2.40. The second-order valence-corrected chi connectivity index (χ2v) is 9.10. The first-order valence-electron chi connectivity index (χ1n) is 8.01. The van der Waals surface area contributed by atoms with E-state index in [9.17, 15) is 5.11 Å². The fourth-order valence-corrected chi connectivity index (χ4v) is 5.43. The fraction of sp³-hybridized carbons (Fsp3) is 0.667. The molecule has 3 heteroatoms. The van der Waals surface area contributed by atoms with Crippen molar-refractivity contribution in [2.24, 2.45) is 0 Å². The SMILES string of the molecule is CC(C)(C)Oc1ccc(C2(O)CC3CCCC(C2)S3)cc1. The van der Waals surface area contributed by atoms with Crippen LogP contribution in [0.3, 0.4) is 0 Å². The zero-order valence-corrected chi connectivity index (χ0v) is 14.1. The van der Waals surface area contributed by atoms with E-state index >= 15 is 0 Å². The van der Waals surface area contributed by atoms with Crippen molar-refractivity contribution in [3.63, 3.8) is 0 Å². The molecule has 2 unspecified atom stereocenters. The number of thioether (sulfide) groups is 1. The monoisotopic (exact) mass is 306 g/mol. The average Bonchev–Trinajstić information content (AvgIpc) is 2.36. The van der Waals surface area contributed by atoms with E-state index in [-0.39, 0.29) is 5.60 Å². The largest absolute Gasteiger partial charge is 0.488 e. The lowest BCUT2D eigenvalue weighted by Gasteiger charge is -2.44. The Labute approximate surface area is 132 Å². The van der Waals surface area contributed by atoms with Crippen LogP contribution in [0.4, 0.5) is 0 Å². The summed E-state index contributed by atoms with van der Waals surface area (Å²) in [5.41, 5.74) is 0.235. The van der Waals surface area contributed by atoms with E-state index in [0.29, 0.717) is 10.5 Å². The van der Waals surface area contributed by atoms with Gasteiger partial charge in [0, 0.05) is 10.5 Å². The quantitative estimate of drug-likeness (QED) is 0.872. The molecule has 116 valence electrons. The molecular formula is C18H26O2S. The van der Waals surface area contributed by atoms with Gasteiger partial charge in [0.25, 0.3) is 0 Å². The molecule has 2 nitrogen and oxygen atoms in total. The summed E-state index contributed by atoms with van der Waals surface area (Å²) in [6.45, 7) is 6.15. The van der Waals surface area contributed by atoms with Crippen molar-refractivity contribution in [1.29, 1.82) is 0 Å². The molecule has 2 saturated heterocycles. The molecule has 2 fully saturated rings. The fourth-order valence-electron chi connectivity index (χ4n) is 3.54. The third kappa shape index (κ3) is 3.57. The third-order valence-corrected chi connectivity index (χ3v) is 5.96. The number of fused-ring (bicyclic) bond motifs is 2. The van der Waals surface area contributed by atoms with E-state index in [1.165, 1.54) is 19.3 Å². The summed E-state index contributed by atoms with van der Waals surface area (Å²) in [6, 6.07) is 8.09. The highest BCUT2D eigenvalue weighted by Crippen LogP contribution is 2.49. The van der Waals surface area contributed by atoms with Crippen molar-refractivity contribution in [2.75, 3.05) is 0 Å². The molecule has 1 N–H and O–H groups in total. The van der Waals surface area contributed by atoms with Crippen molar-refractivity contribution >= 4 is 11.8 Å². The average molecular weight is 306 g/mol. The van der Waals surface area contributed by atoms with Crippen LogP contribution in [0.5, 0.6) is 5.75 Å². The van der Waals surface area contributed by atoms with Crippen LogP contribution in [0.2, 0.25) is 0 Å². The first kappa shape index (κ1) is 15.2. The van der Waals surface area contributed by atoms with Crippen LogP contribution < -0.4 is 4.74 Å². The highest BCUT2D eigenvalue weighted by atomic mass is 32.2. The van der Waals surface area contributed by atoms with Gasteiger partial charge in [0.05, 0.1) is 5.60 Å². The summed E-state index contributed by atoms with van der Waals surface area (Å²) in [5.74, 6) is 0.875. The van der Waals surface area contributed by atoms with Gasteiger partial charge < -0.3 is 9.84 Å². The molecule has 1 aromatic carbocycles. The van der Waals surface area contributed by atoms with Crippen LogP contribution in [0, 0.1) is 0 Å². The Morgan fingerprint density at radius 1 is 1.10 bits per heavy atom. The predicted molar refractivity (Wildman–Crippen MR) is 89.0 cm³/mol. The molecule has 2 heterocycles. The van der Waals surface area contributed by atoms with Gasteiger partial charge in [0.15, 0.2) is 0 Å². The van der Waals surface area contributed by atoms with Gasteiger partial charge in [-0.15, -0.1) is 0 Å². The molecule has 0 radical (unpaired) electrons. The van der Waals surface area contributed by atoms with Crippen LogP contribution in [-0.2, 0) is 5.60 Å². The van der Waals surface area contributed by atoms with Crippen molar-refractivity contribution < 1.29 is 9.84 Å². The van der Waals surface area contributed by atoms with Crippen LogP contribution >= 0.6 is 11.8 Å². The van der Waals surface area contributed by atoms with Crippen LogP contribution in [0.15, 0.2) is 24.3 Å². The normalized spacial score (nSPS) is 32.8. The van der Waals surface area contributed by atoms with Gasteiger partial charge in [0.2, 0.25) is 0 Å². The van der Waals surface area contributed by atoms with Gasteiger partial charge in [-0.3, -0.25) is 0 Å². The summed E-state index contributed by atoms with van der Waals surface area (Å²) in [4.78, 5) is 0. The summed E-state index contributed by atoms with van der Waals surface area (Å²) < 4.78 is 5.87. The van der Waals surface area contributed by atoms with Gasteiger partial charge in [-0.05, 0) is 64.2 Å². The zero-order valence-electron chi connectivity index (χ0n) is 13.3. The van der Waals surface area contributed by atoms with Gasteiger partial charge in [-0.2, -0.15) is 11.8 Å². The van der Waals surface area contributed by atoms with Crippen LogP contribution in [-0.4, -0.2) is 21.2 Å². The highest BCUT2D eigenvalue weighted by Gasteiger charge is 2.42. The highest BCUT2D eigenvalue weighted by molar-refractivity contribution is 8.00. The second-order valence-electron chi connectivity index (χ2n) is 7.49. The molecule has 0 spiro atoms. The lowest BCUT2D eigenvalue weighted by molar-refractivity contribution is 0.00805. The van der Waals surface area contributed by atoms with Crippen molar-refractivity contribution in [3.05, 3.63) is 29.8 Å². The lowest BCUT2D eigenvalue weighted by atomic mass is 9.80. The van der Waals surface area contributed by atoms with E-state index in [4.69, 9.17) is 4.74 Å². The first-order chi connectivity index (χ1) is 9.84. The molecule has 0 amide bonds. The number of ether oxygens (including phenoxy) is 1. The molecule has 3 rings (SSSR count). The topological polar surface area (TPSA) is 29.5 Å².